The van der Waals surface area contributed by atoms with Crippen molar-refractivity contribution in [3.63, 3.8) is 0 Å². The van der Waals surface area contributed by atoms with Gasteiger partial charge in [-0.1, -0.05) is 23.7 Å². The van der Waals surface area contributed by atoms with Crippen LogP contribution >= 0.6 is 11.6 Å². The molecule has 0 saturated heterocycles. The molecule has 1 rings (SSSR count). The topological polar surface area (TPSA) is 49.6 Å². The third-order valence-electron chi connectivity index (χ3n) is 2.93. The van der Waals surface area contributed by atoms with E-state index in [1.54, 1.807) is 0 Å². The van der Waals surface area contributed by atoms with Crippen LogP contribution in [0.4, 0.5) is 0 Å². The maximum absolute atomic E-state index is 12.2. The third kappa shape index (κ3) is 6.37. The predicted molar refractivity (Wildman–Crippen MR) is 83.7 cm³/mol. The first kappa shape index (κ1) is 17.0. The molecule has 0 aliphatic rings. The lowest BCUT2D eigenvalue weighted by Crippen LogP contribution is -2.38. The second-order valence-electron chi connectivity index (χ2n) is 5.43. The first-order valence-corrected chi connectivity index (χ1v) is 7.19. The molecule has 4 nitrogen and oxygen atoms in total. The Bertz CT molecular complexity index is 435. The number of nitrogens with zero attached hydrogens (tertiary/aromatic N) is 2. The normalized spacial score (nSPS) is 12.5. The smallest absolute Gasteiger partial charge is 0.224 e. The fourth-order valence-electron chi connectivity index (χ4n) is 1.87. The lowest BCUT2D eigenvalue weighted by molar-refractivity contribution is -0.132. The van der Waals surface area contributed by atoms with Crippen molar-refractivity contribution in [3.05, 3.63) is 34.9 Å². The van der Waals surface area contributed by atoms with Gasteiger partial charge in [0.25, 0.3) is 0 Å². The van der Waals surface area contributed by atoms with Crippen molar-refractivity contribution in [1.29, 1.82) is 0 Å². The molecule has 1 amide bonds. The average molecular weight is 298 g/mol. The molecule has 0 aromatic heterocycles. The molecule has 1 unspecified atom stereocenters. The molecule has 2 N–H and O–H groups in total. The van der Waals surface area contributed by atoms with E-state index in [4.69, 9.17) is 17.3 Å². The first-order valence-electron chi connectivity index (χ1n) is 6.81. The Balaban J connectivity index is 2.73. The van der Waals surface area contributed by atoms with Gasteiger partial charge in [0.2, 0.25) is 5.91 Å². The zero-order chi connectivity index (χ0) is 15.1. The van der Waals surface area contributed by atoms with Crippen LogP contribution in [0, 0.1) is 0 Å². The first-order chi connectivity index (χ1) is 9.38. The van der Waals surface area contributed by atoms with E-state index in [0.717, 1.165) is 12.1 Å². The highest BCUT2D eigenvalue weighted by molar-refractivity contribution is 6.30. The van der Waals surface area contributed by atoms with Crippen LogP contribution in [-0.2, 0) is 11.3 Å². The van der Waals surface area contributed by atoms with E-state index >= 15 is 0 Å². The van der Waals surface area contributed by atoms with Crippen molar-refractivity contribution in [3.8, 4) is 0 Å². The van der Waals surface area contributed by atoms with Crippen LogP contribution in [-0.4, -0.2) is 48.9 Å². The molecule has 0 radical (unpaired) electrons. The number of benzene rings is 1. The second kappa shape index (κ2) is 8.25. The van der Waals surface area contributed by atoms with E-state index < -0.39 is 0 Å². The van der Waals surface area contributed by atoms with Gasteiger partial charge in [-0.2, -0.15) is 0 Å². The summed E-state index contributed by atoms with van der Waals surface area (Å²) in [6.07, 6.45) is 0.369. The van der Waals surface area contributed by atoms with Gasteiger partial charge in [-0.3, -0.25) is 4.79 Å². The van der Waals surface area contributed by atoms with E-state index in [1.165, 1.54) is 0 Å². The summed E-state index contributed by atoms with van der Waals surface area (Å²) in [5.74, 6) is 0.0850. The van der Waals surface area contributed by atoms with Crippen LogP contribution in [0.25, 0.3) is 0 Å². The molecule has 20 heavy (non-hydrogen) atoms. The minimum absolute atomic E-state index is 0.0850. The summed E-state index contributed by atoms with van der Waals surface area (Å²) in [5, 5.41) is 0.690. The van der Waals surface area contributed by atoms with Crippen LogP contribution < -0.4 is 5.73 Å². The largest absolute Gasteiger partial charge is 0.337 e. The van der Waals surface area contributed by atoms with Crippen LogP contribution in [0.3, 0.4) is 0 Å². The van der Waals surface area contributed by atoms with Crippen molar-refractivity contribution in [1.82, 2.24) is 9.80 Å². The Morgan fingerprint density at radius 3 is 2.60 bits per heavy atom. The maximum atomic E-state index is 12.2. The highest BCUT2D eigenvalue weighted by Gasteiger charge is 2.15. The number of hydrogen-bond acceptors (Lipinski definition) is 3. The Kier molecular flexibility index (Phi) is 6.99. The molecular formula is C15H24ClN3O. The molecule has 1 aromatic carbocycles. The molecule has 0 saturated carbocycles. The number of carbonyl (C=O) groups excluding carboxylic acids is 1. The Labute approximate surface area is 126 Å². The summed E-state index contributed by atoms with van der Waals surface area (Å²) in [6.45, 7) is 3.93. The molecular weight excluding hydrogens is 274 g/mol. The minimum atomic E-state index is -0.122. The Morgan fingerprint density at radius 2 is 2.05 bits per heavy atom. The van der Waals surface area contributed by atoms with E-state index in [1.807, 2.05) is 50.2 Å². The highest BCUT2D eigenvalue weighted by atomic mass is 35.5. The Morgan fingerprint density at radius 1 is 1.35 bits per heavy atom. The molecule has 1 aromatic rings. The van der Waals surface area contributed by atoms with Gasteiger partial charge in [0.05, 0.1) is 0 Å². The lowest BCUT2D eigenvalue weighted by Gasteiger charge is -2.25. The molecule has 0 spiro atoms. The quantitative estimate of drug-likeness (QED) is 0.837. The summed E-state index contributed by atoms with van der Waals surface area (Å²) in [6, 6.07) is 7.48. The molecule has 0 fully saturated rings. The standard InChI is InChI=1S/C15H24ClN3O/c1-12(17)9-15(20)19(8-7-18(2)3)11-13-5-4-6-14(16)10-13/h4-6,10,12H,7-9,11,17H2,1-3H3. The number of carbonyl (C=O) groups is 1. The van der Waals surface area contributed by atoms with Crippen LogP contribution in [0.2, 0.25) is 5.02 Å². The molecule has 5 heteroatoms. The summed E-state index contributed by atoms with van der Waals surface area (Å²) >= 11 is 5.99. The van der Waals surface area contributed by atoms with Crippen molar-refractivity contribution in [2.75, 3.05) is 27.2 Å². The average Bonchev–Trinajstić information content (AvgIpc) is 2.33. The lowest BCUT2D eigenvalue weighted by atomic mass is 10.1. The van der Waals surface area contributed by atoms with Gasteiger partial charge in [-0.25, -0.2) is 0 Å². The number of amides is 1. The van der Waals surface area contributed by atoms with Crippen molar-refractivity contribution in [2.45, 2.75) is 25.9 Å². The number of rotatable bonds is 7. The predicted octanol–water partition coefficient (Wildman–Crippen LogP) is 1.97. The van der Waals surface area contributed by atoms with Gasteiger partial charge in [0, 0.05) is 37.1 Å². The van der Waals surface area contributed by atoms with Gasteiger partial charge in [0.1, 0.15) is 0 Å². The molecule has 0 aliphatic heterocycles. The summed E-state index contributed by atoms with van der Waals surface area (Å²) in [5.41, 5.74) is 6.76. The van der Waals surface area contributed by atoms with Crippen molar-refractivity contribution in [2.24, 2.45) is 5.73 Å². The van der Waals surface area contributed by atoms with Crippen molar-refractivity contribution >= 4 is 17.5 Å². The summed E-state index contributed by atoms with van der Waals surface area (Å²) < 4.78 is 0. The second-order valence-corrected chi connectivity index (χ2v) is 5.87. The van der Waals surface area contributed by atoms with Gasteiger partial charge in [-0.15, -0.1) is 0 Å². The number of nitrogens with two attached hydrogens (primary N) is 1. The van der Waals surface area contributed by atoms with Gasteiger partial charge >= 0.3 is 0 Å². The van der Waals surface area contributed by atoms with E-state index in [0.29, 0.717) is 24.5 Å². The van der Waals surface area contributed by atoms with Gasteiger partial charge < -0.3 is 15.5 Å². The fraction of sp³-hybridized carbons (Fsp3) is 0.533. The molecule has 0 aliphatic carbocycles. The van der Waals surface area contributed by atoms with Gasteiger partial charge in [-0.05, 0) is 38.7 Å². The number of likely N-dealkylation sites (N-methyl/N-ethyl adjacent to an activating group) is 1. The van der Waals surface area contributed by atoms with E-state index in [2.05, 4.69) is 4.90 Å². The molecule has 0 heterocycles. The zero-order valence-electron chi connectivity index (χ0n) is 12.5. The van der Waals surface area contributed by atoms with Crippen LogP contribution in [0.5, 0.6) is 0 Å². The maximum Gasteiger partial charge on any atom is 0.224 e. The van der Waals surface area contributed by atoms with Crippen LogP contribution in [0.15, 0.2) is 24.3 Å². The Hall–Kier alpha value is -1.10. The highest BCUT2D eigenvalue weighted by Crippen LogP contribution is 2.13. The van der Waals surface area contributed by atoms with E-state index in [9.17, 15) is 4.79 Å². The zero-order valence-corrected chi connectivity index (χ0v) is 13.2. The van der Waals surface area contributed by atoms with Gasteiger partial charge in [0.15, 0.2) is 0 Å². The SMILES string of the molecule is CC(N)CC(=O)N(CCN(C)C)Cc1cccc(Cl)c1. The van der Waals surface area contributed by atoms with Crippen molar-refractivity contribution < 1.29 is 4.79 Å². The molecule has 1 atom stereocenters. The van der Waals surface area contributed by atoms with Crippen LogP contribution in [0.1, 0.15) is 18.9 Å². The number of halogens is 1. The summed E-state index contributed by atoms with van der Waals surface area (Å²) in [7, 11) is 3.99. The minimum Gasteiger partial charge on any atom is -0.337 e. The number of hydrogen-bond donors (Lipinski definition) is 1. The molecule has 112 valence electrons. The van der Waals surface area contributed by atoms with E-state index in [-0.39, 0.29) is 11.9 Å². The monoisotopic (exact) mass is 297 g/mol. The summed E-state index contributed by atoms with van der Waals surface area (Å²) in [4.78, 5) is 16.2. The third-order valence-corrected chi connectivity index (χ3v) is 3.16. The fourth-order valence-corrected chi connectivity index (χ4v) is 2.09. The molecule has 0 bridgehead atoms.